The lowest BCUT2D eigenvalue weighted by Crippen LogP contribution is -2.25. The Morgan fingerprint density at radius 1 is 1.08 bits per heavy atom. The molecule has 8 heteroatoms. The van der Waals surface area contributed by atoms with Gasteiger partial charge in [0.15, 0.2) is 11.6 Å². The summed E-state index contributed by atoms with van der Waals surface area (Å²) < 4.78 is 52.9. The first-order chi connectivity index (χ1) is 11.8. The van der Waals surface area contributed by atoms with E-state index in [4.69, 9.17) is 0 Å². The third kappa shape index (κ3) is 5.07. The number of carbonyl (C=O) groups is 1. The summed E-state index contributed by atoms with van der Waals surface area (Å²) in [5.41, 5.74) is 0.154. The molecule has 0 aliphatic carbocycles. The Balaban J connectivity index is 2.17. The van der Waals surface area contributed by atoms with Crippen LogP contribution in [0, 0.1) is 11.6 Å². The minimum atomic E-state index is -3.71. The zero-order valence-corrected chi connectivity index (χ0v) is 14.4. The molecule has 0 radical (unpaired) electrons. The lowest BCUT2D eigenvalue weighted by atomic mass is 10.2. The predicted octanol–water partition coefficient (Wildman–Crippen LogP) is 3.30. The van der Waals surface area contributed by atoms with Gasteiger partial charge >= 0.3 is 0 Å². The van der Waals surface area contributed by atoms with Crippen molar-refractivity contribution in [1.29, 1.82) is 0 Å². The topological polar surface area (TPSA) is 75.3 Å². The summed E-state index contributed by atoms with van der Waals surface area (Å²) >= 11 is 0. The Bertz CT molecular complexity index is 870. The van der Waals surface area contributed by atoms with Crippen molar-refractivity contribution < 1.29 is 22.0 Å². The Kier molecular flexibility index (Phi) is 6.22. The van der Waals surface area contributed by atoms with E-state index in [0.717, 1.165) is 18.6 Å². The largest absolute Gasteiger partial charge is 0.322 e. The van der Waals surface area contributed by atoms with Crippen molar-refractivity contribution in [2.24, 2.45) is 0 Å². The average molecular weight is 368 g/mol. The molecule has 0 saturated carbocycles. The van der Waals surface area contributed by atoms with Crippen molar-refractivity contribution in [3.8, 4) is 0 Å². The normalized spacial score (nSPS) is 11.3. The highest BCUT2D eigenvalue weighted by Gasteiger charge is 2.16. The molecule has 0 spiro atoms. The van der Waals surface area contributed by atoms with Crippen LogP contribution >= 0.6 is 0 Å². The number of hydrogen-bond acceptors (Lipinski definition) is 3. The van der Waals surface area contributed by atoms with Crippen LogP contribution in [0.4, 0.5) is 14.5 Å². The summed E-state index contributed by atoms with van der Waals surface area (Å²) in [7, 11) is -3.71. The maximum Gasteiger partial charge on any atom is 0.255 e. The minimum Gasteiger partial charge on any atom is -0.322 e. The van der Waals surface area contributed by atoms with E-state index in [0.29, 0.717) is 13.0 Å². The first-order valence-electron chi connectivity index (χ1n) is 7.69. The molecule has 134 valence electrons. The second-order valence-electron chi connectivity index (χ2n) is 5.36. The van der Waals surface area contributed by atoms with Crippen molar-refractivity contribution >= 4 is 21.6 Å². The number of halogens is 2. The second kappa shape index (κ2) is 8.17. The minimum absolute atomic E-state index is 0.0402. The molecule has 2 aromatic carbocycles. The second-order valence-corrected chi connectivity index (χ2v) is 7.13. The zero-order valence-electron chi connectivity index (χ0n) is 13.6. The number of nitrogens with one attached hydrogen (secondary N) is 2. The summed E-state index contributed by atoms with van der Waals surface area (Å²) in [5, 5.41) is 2.40. The van der Waals surface area contributed by atoms with Gasteiger partial charge in [0.05, 0.1) is 4.90 Å². The fourth-order valence-electron chi connectivity index (χ4n) is 2.05. The highest BCUT2D eigenvalue weighted by molar-refractivity contribution is 7.89. The Morgan fingerprint density at radius 2 is 1.84 bits per heavy atom. The number of anilines is 1. The van der Waals surface area contributed by atoms with Gasteiger partial charge in [0, 0.05) is 23.9 Å². The van der Waals surface area contributed by atoms with E-state index in [1.54, 1.807) is 0 Å². The molecule has 0 fully saturated rings. The van der Waals surface area contributed by atoms with E-state index in [2.05, 4.69) is 10.0 Å². The van der Waals surface area contributed by atoms with E-state index >= 15 is 0 Å². The lowest BCUT2D eigenvalue weighted by molar-refractivity contribution is 0.102. The summed E-state index contributed by atoms with van der Waals surface area (Å²) in [5.74, 6) is -2.74. The Labute approximate surface area is 145 Å². The van der Waals surface area contributed by atoms with Gasteiger partial charge in [-0.05, 0) is 36.8 Å². The molecule has 2 N–H and O–H groups in total. The van der Waals surface area contributed by atoms with Crippen LogP contribution in [0.3, 0.4) is 0 Å². The van der Waals surface area contributed by atoms with Crippen LogP contribution in [0.1, 0.15) is 30.1 Å². The van der Waals surface area contributed by atoms with Gasteiger partial charge in [0.25, 0.3) is 5.91 Å². The number of benzene rings is 2. The first kappa shape index (κ1) is 19.0. The van der Waals surface area contributed by atoms with Crippen molar-refractivity contribution in [3.05, 3.63) is 59.7 Å². The monoisotopic (exact) mass is 368 g/mol. The molecule has 2 aromatic rings. The number of hydrogen-bond donors (Lipinski definition) is 2. The number of amides is 1. The summed E-state index contributed by atoms with van der Waals surface area (Å²) in [6.45, 7) is 2.25. The predicted molar refractivity (Wildman–Crippen MR) is 90.8 cm³/mol. The Morgan fingerprint density at radius 3 is 2.52 bits per heavy atom. The molecule has 0 aliphatic rings. The summed E-state index contributed by atoms with van der Waals surface area (Å²) in [6.07, 6.45) is 1.55. The lowest BCUT2D eigenvalue weighted by Gasteiger charge is -2.09. The number of rotatable bonds is 7. The molecule has 0 bridgehead atoms. The van der Waals surface area contributed by atoms with Gasteiger partial charge in [-0.15, -0.1) is 0 Å². The van der Waals surface area contributed by atoms with E-state index < -0.39 is 27.6 Å². The van der Waals surface area contributed by atoms with E-state index in [9.17, 15) is 22.0 Å². The molecule has 0 aliphatic heterocycles. The van der Waals surface area contributed by atoms with Crippen LogP contribution < -0.4 is 10.0 Å². The first-order valence-corrected chi connectivity index (χ1v) is 9.18. The number of sulfonamides is 1. The Hall–Kier alpha value is -2.32. The van der Waals surface area contributed by atoms with Gasteiger partial charge in [-0.3, -0.25) is 4.79 Å². The highest BCUT2D eigenvalue weighted by Crippen LogP contribution is 2.16. The van der Waals surface area contributed by atoms with Gasteiger partial charge in [0.2, 0.25) is 10.0 Å². The van der Waals surface area contributed by atoms with Crippen LogP contribution in [0.2, 0.25) is 0 Å². The van der Waals surface area contributed by atoms with Crippen LogP contribution in [0.5, 0.6) is 0 Å². The summed E-state index contributed by atoms with van der Waals surface area (Å²) in [4.78, 5) is 12.2. The molecule has 0 saturated heterocycles. The molecule has 0 unspecified atom stereocenters. The number of unbranched alkanes of at least 4 members (excludes halogenated alkanes) is 1. The van der Waals surface area contributed by atoms with Crippen LogP contribution in [-0.4, -0.2) is 20.9 Å². The smallest absolute Gasteiger partial charge is 0.255 e. The maximum absolute atomic E-state index is 13.2. The molecule has 1 amide bonds. The molecule has 25 heavy (non-hydrogen) atoms. The fraction of sp³-hybridized carbons (Fsp3) is 0.235. The highest BCUT2D eigenvalue weighted by atomic mass is 32.2. The quantitative estimate of drug-likeness (QED) is 0.737. The van der Waals surface area contributed by atoms with Crippen molar-refractivity contribution in [1.82, 2.24) is 4.72 Å². The van der Waals surface area contributed by atoms with Crippen LogP contribution in [0.25, 0.3) is 0 Å². The zero-order chi connectivity index (χ0) is 18.4. The van der Waals surface area contributed by atoms with Gasteiger partial charge in [-0.1, -0.05) is 19.4 Å². The van der Waals surface area contributed by atoms with E-state index in [-0.39, 0.29) is 16.1 Å². The van der Waals surface area contributed by atoms with Gasteiger partial charge < -0.3 is 5.32 Å². The fourth-order valence-corrected chi connectivity index (χ4v) is 3.17. The molecule has 0 atom stereocenters. The van der Waals surface area contributed by atoms with Crippen LogP contribution in [-0.2, 0) is 10.0 Å². The third-order valence-corrected chi connectivity index (χ3v) is 4.87. The molecule has 2 rings (SSSR count). The standard InChI is InChI=1S/C17H18F2N2O3S/c1-2-3-9-20-25(23,24)14-6-4-5-12(10-14)17(22)21-13-7-8-15(18)16(19)11-13/h4-8,10-11,20H,2-3,9H2,1H3,(H,21,22). The van der Waals surface area contributed by atoms with Gasteiger partial charge in [-0.25, -0.2) is 21.9 Å². The molecule has 0 heterocycles. The molecular weight excluding hydrogens is 350 g/mol. The maximum atomic E-state index is 13.2. The average Bonchev–Trinajstić information content (AvgIpc) is 2.58. The van der Waals surface area contributed by atoms with Crippen LogP contribution in [0.15, 0.2) is 47.4 Å². The molecule has 0 aromatic heterocycles. The van der Waals surface area contributed by atoms with Crippen molar-refractivity contribution in [2.75, 3.05) is 11.9 Å². The number of carbonyl (C=O) groups excluding carboxylic acids is 1. The van der Waals surface area contributed by atoms with Crippen molar-refractivity contribution in [2.45, 2.75) is 24.7 Å². The van der Waals surface area contributed by atoms with Crippen molar-refractivity contribution in [3.63, 3.8) is 0 Å². The third-order valence-electron chi connectivity index (χ3n) is 3.41. The molecule has 5 nitrogen and oxygen atoms in total. The molecular formula is C17H18F2N2O3S. The SMILES string of the molecule is CCCCNS(=O)(=O)c1cccc(C(=O)Nc2ccc(F)c(F)c2)c1. The van der Waals surface area contributed by atoms with Gasteiger partial charge in [-0.2, -0.15) is 0 Å². The van der Waals surface area contributed by atoms with E-state index in [1.165, 1.54) is 30.3 Å². The van der Waals surface area contributed by atoms with Gasteiger partial charge in [0.1, 0.15) is 0 Å². The van der Waals surface area contributed by atoms with E-state index in [1.807, 2.05) is 6.92 Å². The summed E-state index contributed by atoms with van der Waals surface area (Å²) in [6, 6.07) is 8.42.